The van der Waals surface area contributed by atoms with Crippen LogP contribution in [0.1, 0.15) is 40.9 Å². The van der Waals surface area contributed by atoms with Gasteiger partial charge < -0.3 is 10.1 Å². The summed E-state index contributed by atoms with van der Waals surface area (Å²) in [6.07, 6.45) is -2.74. The summed E-state index contributed by atoms with van der Waals surface area (Å²) >= 11 is 0. The summed E-state index contributed by atoms with van der Waals surface area (Å²) in [5.74, 6) is -1.40. The third-order valence-corrected chi connectivity index (χ3v) is 5.49. The van der Waals surface area contributed by atoms with Crippen LogP contribution in [0.25, 0.3) is 0 Å². The Morgan fingerprint density at radius 3 is 2.29 bits per heavy atom. The number of pyridine rings is 1. The van der Waals surface area contributed by atoms with Crippen molar-refractivity contribution >= 4 is 5.91 Å². The standard InChI is InChI=1S/C25H24F5N3O2/c1-31-24(34)23(16-5-8-18(26)9-6-16)33-20(17-7-10-19(27)21(13-17)35-2)11-3-15-4-12-22(32-14-15)25(28,29)30/h4-10,12-14,20,23,33H,3,11H2,1-2H3,(H,31,34)/t20-,23-/m0/s1. The van der Waals surface area contributed by atoms with Crippen LogP contribution in [0.3, 0.4) is 0 Å². The molecule has 5 nitrogen and oxygen atoms in total. The van der Waals surface area contributed by atoms with Crippen molar-refractivity contribution in [3.05, 3.63) is 94.8 Å². The lowest BCUT2D eigenvalue weighted by Crippen LogP contribution is -2.38. The van der Waals surface area contributed by atoms with Crippen molar-refractivity contribution in [2.75, 3.05) is 14.2 Å². The SMILES string of the molecule is CNC(=O)[C@@H](N[C@@H](CCc1ccc(C(F)(F)F)nc1)c1ccc(F)c(OC)c1)c1ccc(F)cc1. The maximum absolute atomic E-state index is 14.0. The molecule has 3 rings (SSSR count). The normalized spacial score (nSPS) is 13.2. The smallest absolute Gasteiger partial charge is 0.433 e. The van der Waals surface area contributed by atoms with Gasteiger partial charge in [-0.3, -0.25) is 15.1 Å². The van der Waals surface area contributed by atoms with E-state index in [9.17, 15) is 26.7 Å². The highest BCUT2D eigenvalue weighted by molar-refractivity contribution is 5.83. The molecule has 0 saturated carbocycles. The number of aromatic nitrogens is 1. The van der Waals surface area contributed by atoms with Gasteiger partial charge in [-0.25, -0.2) is 8.78 Å². The maximum Gasteiger partial charge on any atom is 0.433 e. The van der Waals surface area contributed by atoms with Gasteiger partial charge in [-0.1, -0.05) is 24.3 Å². The molecule has 0 unspecified atom stereocenters. The number of aryl methyl sites for hydroxylation is 1. The molecule has 1 aromatic heterocycles. The average molecular weight is 493 g/mol. The van der Waals surface area contributed by atoms with E-state index in [1.807, 2.05) is 0 Å². The molecule has 10 heteroatoms. The number of carbonyl (C=O) groups is 1. The molecule has 0 bridgehead atoms. The molecule has 1 heterocycles. The van der Waals surface area contributed by atoms with Crippen LogP contribution in [0.4, 0.5) is 22.0 Å². The first-order valence-electron chi connectivity index (χ1n) is 10.7. The van der Waals surface area contributed by atoms with Crippen LogP contribution < -0.4 is 15.4 Å². The Hall–Kier alpha value is -3.53. The van der Waals surface area contributed by atoms with Crippen molar-refractivity contribution < 1.29 is 31.5 Å². The number of hydrogen-bond donors (Lipinski definition) is 2. The van der Waals surface area contributed by atoms with Crippen molar-refractivity contribution in [2.45, 2.75) is 31.1 Å². The zero-order valence-corrected chi connectivity index (χ0v) is 19.0. The van der Waals surface area contributed by atoms with E-state index < -0.39 is 35.6 Å². The Morgan fingerprint density at radius 2 is 1.71 bits per heavy atom. The third kappa shape index (κ3) is 6.75. The largest absolute Gasteiger partial charge is 0.494 e. The van der Waals surface area contributed by atoms with E-state index in [-0.39, 0.29) is 11.7 Å². The minimum Gasteiger partial charge on any atom is -0.494 e. The Kier molecular flexibility index (Phi) is 8.39. The van der Waals surface area contributed by atoms with Crippen LogP contribution in [-0.4, -0.2) is 25.0 Å². The lowest BCUT2D eigenvalue weighted by atomic mass is 9.96. The van der Waals surface area contributed by atoms with E-state index in [0.717, 1.165) is 12.3 Å². The Bertz CT molecular complexity index is 1140. The van der Waals surface area contributed by atoms with Crippen molar-refractivity contribution in [3.8, 4) is 5.75 Å². The molecule has 3 aromatic rings. The van der Waals surface area contributed by atoms with Crippen LogP contribution in [0.15, 0.2) is 60.8 Å². The zero-order chi connectivity index (χ0) is 25.6. The number of halogens is 5. The molecule has 0 aliphatic rings. The van der Waals surface area contributed by atoms with E-state index in [4.69, 9.17) is 4.74 Å². The quantitative estimate of drug-likeness (QED) is 0.406. The minimum atomic E-state index is -4.54. The van der Waals surface area contributed by atoms with Gasteiger partial charge in [-0.05, 0) is 59.9 Å². The van der Waals surface area contributed by atoms with E-state index >= 15 is 0 Å². The summed E-state index contributed by atoms with van der Waals surface area (Å²) < 4.78 is 71.0. The Morgan fingerprint density at radius 1 is 1.03 bits per heavy atom. The molecule has 2 aromatic carbocycles. The summed E-state index contributed by atoms with van der Waals surface area (Å²) in [7, 11) is 2.79. The van der Waals surface area contributed by atoms with E-state index in [0.29, 0.717) is 29.5 Å². The summed E-state index contributed by atoms with van der Waals surface area (Å²) in [6, 6.07) is 10.5. The van der Waals surface area contributed by atoms with Gasteiger partial charge >= 0.3 is 6.18 Å². The fourth-order valence-corrected chi connectivity index (χ4v) is 3.61. The number of carbonyl (C=O) groups excluding carboxylic acids is 1. The second-order valence-electron chi connectivity index (χ2n) is 7.80. The number of alkyl halides is 3. The maximum atomic E-state index is 14.0. The molecule has 2 N–H and O–H groups in total. The molecule has 0 radical (unpaired) electrons. The second-order valence-corrected chi connectivity index (χ2v) is 7.80. The molecular weight excluding hydrogens is 469 g/mol. The summed E-state index contributed by atoms with van der Waals surface area (Å²) in [4.78, 5) is 16.2. The number of ether oxygens (including phenoxy) is 1. The Labute approximate surface area is 199 Å². The molecule has 0 saturated heterocycles. The van der Waals surface area contributed by atoms with Crippen LogP contribution in [0.2, 0.25) is 0 Å². The molecule has 0 aliphatic heterocycles. The molecule has 186 valence electrons. The number of hydrogen-bond acceptors (Lipinski definition) is 4. The molecular formula is C25H24F5N3O2. The fourth-order valence-electron chi connectivity index (χ4n) is 3.61. The molecule has 0 aliphatic carbocycles. The first-order chi connectivity index (χ1) is 16.6. The number of amides is 1. The molecule has 1 amide bonds. The summed E-state index contributed by atoms with van der Waals surface area (Å²) in [6.45, 7) is 0. The van der Waals surface area contributed by atoms with Crippen LogP contribution in [-0.2, 0) is 17.4 Å². The fraction of sp³-hybridized carbons (Fsp3) is 0.280. The van der Waals surface area contributed by atoms with Gasteiger partial charge in [0.05, 0.1) is 7.11 Å². The van der Waals surface area contributed by atoms with Gasteiger partial charge in [-0.15, -0.1) is 0 Å². The third-order valence-electron chi connectivity index (χ3n) is 5.49. The predicted octanol–water partition coefficient (Wildman–Crippen LogP) is 5.14. The number of nitrogens with zero attached hydrogens (tertiary/aromatic N) is 1. The molecule has 2 atom stereocenters. The van der Waals surface area contributed by atoms with Gasteiger partial charge in [0.2, 0.25) is 5.91 Å². The predicted molar refractivity (Wildman–Crippen MR) is 120 cm³/mol. The highest BCUT2D eigenvalue weighted by Crippen LogP contribution is 2.30. The molecule has 35 heavy (non-hydrogen) atoms. The monoisotopic (exact) mass is 493 g/mol. The molecule has 0 spiro atoms. The van der Waals surface area contributed by atoms with Gasteiger partial charge in [-0.2, -0.15) is 13.2 Å². The topological polar surface area (TPSA) is 63.2 Å². The van der Waals surface area contributed by atoms with E-state index in [1.165, 1.54) is 62.7 Å². The van der Waals surface area contributed by atoms with Crippen molar-refractivity contribution in [1.29, 1.82) is 0 Å². The molecule has 0 fully saturated rings. The lowest BCUT2D eigenvalue weighted by Gasteiger charge is -2.26. The first kappa shape index (κ1) is 26.1. The van der Waals surface area contributed by atoms with Gasteiger partial charge in [0.25, 0.3) is 0 Å². The van der Waals surface area contributed by atoms with E-state index in [1.54, 1.807) is 0 Å². The highest BCUT2D eigenvalue weighted by Gasteiger charge is 2.32. The average Bonchev–Trinajstić information content (AvgIpc) is 2.84. The minimum absolute atomic E-state index is 0.00349. The number of nitrogens with one attached hydrogen (secondary N) is 2. The van der Waals surface area contributed by atoms with Gasteiger partial charge in [0.1, 0.15) is 17.6 Å². The lowest BCUT2D eigenvalue weighted by molar-refractivity contribution is -0.141. The van der Waals surface area contributed by atoms with Crippen molar-refractivity contribution in [1.82, 2.24) is 15.6 Å². The van der Waals surface area contributed by atoms with Crippen molar-refractivity contribution in [2.24, 2.45) is 0 Å². The number of methoxy groups -OCH3 is 1. The number of likely N-dealkylation sites (N-methyl/N-ethyl adjacent to an activating group) is 1. The van der Waals surface area contributed by atoms with Crippen LogP contribution in [0, 0.1) is 11.6 Å². The van der Waals surface area contributed by atoms with Crippen LogP contribution >= 0.6 is 0 Å². The summed E-state index contributed by atoms with van der Waals surface area (Å²) in [5, 5.41) is 5.78. The number of rotatable bonds is 9. The first-order valence-corrected chi connectivity index (χ1v) is 10.7. The second kappa shape index (κ2) is 11.3. The van der Waals surface area contributed by atoms with Crippen LogP contribution in [0.5, 0.6) is 5.75 Å². The summed E-state index contributed by atoms with van der Waals surface area (Å²) in [5.41, 5.74) is 0.660. The number of benzene rings is 2. The highest BCUT2D eigenvalue weighted by atomic mass is 19.4. The van der Waals surface area contributed by atoms with Gasteiger partial charge in [0, 0.05) is 19.3 Å². The zero-order valence-electron chi connectivity index (χ0n) is 19.0. The Balaban J connectivity index is 1.91. The van der Waals surface area contributed by atoms with Crippen molar-refractivity contribution in [3.63, 3.8) is 0 Å². The van der Waals surface area contributed by atoms with Gasteiger partial charge in [0.15, 0.2) is 11.6 Å². The van der Waals surface area contributed by atoms with E-state index in [2.05, 4.69) is 15.6 Å².